The number of rotatable bonds is 6. The lowest BCUT2D eigenvalue weighted by Crippen LogP contribution is -2.16. The molecule has 0 aliphatic carbocycles. The number of anilines is 1. The molecule has 148 valence electrons. The molecule has 0 fully saturated rings. The van der Waals surface area contributed by atoms with Gasteiger partial charge in [-0.05, 0) is 18.4 Å². The smallest absolute Gasteiger partial charge is 0.158 e. The van der Waals surface area contributed by atoms with Crippen LogP contribution in [0.25, 0.3) is 21.3 Å². The van der Waals surface area contributed by atoms with Crippen molar-refractivity contribution in [2.75, 3.05) is 12.4 Å². The van der Waals surface area contributed by atoms with E-state index in [2.05, 4.69) is 49.7 Å². The van der Waals surface area contributed by atoms with Crippen molar-refractivity contribution in [3.05, 3.63) is 53.2 Å². The zero-order chi connectivity index (χ0) is 19.6. The second kappa shape index (κ2) is 7.88. The van der Waals surface area contributed by atoms with Gasteiger partial charge in [-0.3, -0.25) is 0 Å². The van der Waals surface area contributed by atoms with Gasteiger partial charge in [0, 0.05) is 31.0 Å². The maximum absolute atomic E-state index is 5.27. The highest BCUT2D eigenvalue weighted by Crippen LogP contribution is 2.37. The number of nitrogens with one attached hydrogen (secondary N) is 1. The number of ether oxygens (including phenoxy) is 1. The molecule has 0 amide bonds. The number of aryl methyl sites for hydroxylation is 1. The quantitative estimate of drug-likeness (QED) is 0.521. The number of thiophene rings is 1. The number of aromatic nitrogens is 5. The third-order valence-corrected chi connectivity index (χ3v) is 6.06. The molecular formula is C21H22N6OS. The van der Waals surface area contributed by atoms with E-state index in [1.807, 2.05) is 6.07 Å². The molecular weight excluding hydrogens is 384 g/mol. The Bertz CT molecular complexity index is 1140. The summed E-state index contributed by atoms with van der Waals surface area (Å²) in [6, 6.07) is 10.4. The van der Waals surface area contributed by atoms with Crippen LogP contribution in [0, 0.1) is 0 Å². The molecule has 0 saturated carbocycles. The molecule has 4 heterocycles. The normalized spacial score (nSPS) is 13.6. The highest BCUT2D eigenvalue weighted by atomic mass is 32.1. The van der Waals surface area contributed by atoms with Crippen LogP contribution in [0.2, 0.25) is 0 Å². The number of fused-ring (bicyclic) bond motifs is 2. The van der Waals surface area contributed by atoms with Crippen LogP contribution in [-0.2, 0) is 30.9 Å². The minimum atomic E-state index is 0.378. The Kier molecular flexibility index (Phi) is 4.95. The average molecular weight is 407 g/mol. The summed E-state index contributed by atoms with van der Waals surface area (Å²) in [5, 5.41) is 15.5. The van der Waals surface area contributed by atoms with E-state index in [-0.39, 0.29) is 0 Å². The maximum atomic E-state index is 5.27. The fourth-order valence-electron chi connectivity index (χ4n) is 3.80. The summed E-state index contributed by atoms with van der Waals surface area (Å²) < 4.78 is 7.51. The fourth-order valence-corrected chi connectivity index (χ4v) is 4.77. The summed E-state index contributed by atoms with van der Waals surface area (Å²) in [6.07, 6.45) is 3.37. The van der Waals surface area contributed by atoms with Crippen molar-refractivity contribution in [2.45, 2.75) is 39.0 Å². The molecule has 0 saturated heterocycles. The zero-order valence-electron chi connectivity index (χ0n) is 16.3. The molecule has 0 radical (unpaired) electrons. The molecule has 0 bridgehead atoms. The van der Waals surface area contributed by atoms with Crippen molar-refractivity contribution in [2.24, 2.45) is 0 Å². The molecule has 3 aromatic heterocycles. The zero-order valence-corrected chi connectivity index (χ0v) is 17.1. The van der Waals surface area contributed by atoms with E-state index in [1.54, 1.807) is 18.4 Å². The van der Waals surface area contributed by atoms with E-state index >= 15 is 0 Å². The van der Waals surface area contributed by atoms with Crippen LogP contribution in [0.5, 0.6) is 0 Å². The molecule has 5 rings (SSSR count). The van der Waals surface area contributed by atoms with Gasteiger partial charge in [-0.15, -0.1) is 21.5 Å². The third-order valence-electron chi connectivity index (χ3n) is 5.19. The standard InChI is InChI=1S/C21H22N6OS/c1-28-12-16-23-20(22-11-18-26-25-17-9-5-6-10-27(17)18)19-15(13-29-21(19)24-16)14-7-3-2-4-8-14/h2-4,7-8,13H,5-6,9-12H2,1H3,(H,22,23,24). The highest BCUT2D eigenvalue weighted by molar-refractivity contribution is 7.17. The van der Waals surface area contributed by atoms with Crippen LogP contribution in [0.4, 0.5) is 5.82 Å². The van der Waals surface area contributed by atoms with E-state index in [0.29, 0.717) is 19.0 Å². The van der Waals surface area contributed by atoms with Crippen molar-refractivity contribution in [1.29, 1.82) is 0 Å². The largest absolute Gasteiger partial charge is 0.377 e. The van der Waals surface area contributed by atoms with Gasteiger partial charge < -0.3 is 14.6 Å². The Morgan fingerprint density at radius 1 is 1.14 bits per heavy atom. The predicted octanol–water partition coefficient (Wildman–Crippen LogP) is 4.04. The Balaban J connectivity index is 1.54. The van der Waals surface area contributed by atoms with Crippen LogP contribution in [0.1, 0.15) is 30.3 Å². The molecule has 0 atom stereocenters. The van der Waals surface area contributed by atoms with Gasteiger partial charge in [0.25, 0.3) is 0 Å². The van der Waals surface area contributed by atoms with E-state index in [0.717, 1.165) is 51.8 Å². The van der Waals surface area contributed by atoms with E-state index in [1.165, 1.54) is 12.8 Å². The van der Waals surface area contributed by atoms with Gasteiger partial charge in [0.1, 0.15) is 23.1 Å². The van der Waals surface area contributed by atoms with E-state index < -0.39 is 0 Å². The first-order valence-electron chi connectivity index (χ1n) is 9.81. The lowest BCUT2D eigenvalue weighted by Gasteiger charge is -2.15. The summed E-state index contributed by atoms with van der Waals surface area (Å²) in [4.78, 5) is 10.4. The minimum Gasteiger partial charge on any atom is -0.377 e. The highest BCUT2D eigenvalue weighted by Gasteiger charge is 2.18. The molecule has 1 aliphatic rings. The monoisotopic (exact) mass is 406 g/mol. The summed E-state index contributed by atoms with van der Waals surface area (Å²) in [5.74, 6) is 3.53. The molecule has 0 unspecified atom stereocenters. The van der Waals surface area contributed by atoms with Crippen LogP contribution in [0.3, 0.4) is 0 Å². The van der Waals surface area contributed by atoms with Crippen LogP contribution >= 0.6 is 11.3 Å². The van der Waals surface area contributed by atoms with Gasteiger partial charge in [0.05, 0.1) is 11.9 Å². The SMILES string of the molecule is COCc1nc(NCc2nnc3n2CCCC3)c2c(-c3ccccc3)csc2n1. The first-order chi connectivity index (χ1) is 14.3. The molecule has 1 N–H and O–H groups in total. The molecule has 29 heavy (non-hydrogen) atoms. The average Bonchev–Trinajstić information content (AvgIpc) is 3.37. The minimum absolute atomic E-state index is 0.378. The Morgan fingerprint density at radius 3 is 2.90 bits per heavy atom. The van der Waals surface area contributed by atoms with Gasteiger partial charge in [0.2, 0.25) is 0 Å². The van der Waals surface area contributed by atoms with Crippen molar-refractivity contribution in [3.8, 4) is 11.1 Å². The second-order valence-electron chi connectivity index (χ2n) is 7.11. The van der Waals surface area contributed by atoms with Crippen molar-refractivity contribution in [1.82, 2.24) is 24.7 Å². The van der Waals surface area contributed by atoms with E-state index in [9.17, 15) is 0 Å². The number of nitrogens with zero attached hydrogens (tertiary/aromatic N) is 5. The Morgan fingerprint density at radius 2 is 2.03 bits per heavy atom. The van der Waals surface area contributed by atoms with Crippen molar-refractivity contribution >= 4 is 27.4 Å². The Labute approximate surface area is 172 Å². The van der Waals surface area contributed by atoms with E-state index in [4.69, 9.17) is 14.7 Å². The third kappa shape index (κ3) is 3.49. The van der Waals surface area contributed by atoms with Crippen molar-refractivity contribution < 1.29 is 4.74 Å². The van der Waals surface area contributed by atoms with Gasteiger partial charge in [-0.1, -0.05) is 30.3 Å². The number of hydrogen-bond donors (Lipinski definition) is 1. The van der Waals surface area contributed by atoms with Crippen molar-refractivity contribution in [3.63, 3.8) is 0 Å². The lowest BCUT2D eigenvalue weighted by molar-refractivity contribution is 0.178. The predicted molar refractivity (Wildman–Crippen MR) is 114 cm³/mol. The fraction of sp³-hybridized carbons (Fsp3) is 0.333. The first-order valence-corrected chi connectivity index (χ1v) is 10.7. The number of hydrogen-bond acceptors (Lipinski definition) is 7. The maximum Gasteiger partial charge on any atom is 0.158 e. The van der Waals surface area contributed by atoms with Crippen LogP contribution < -0.4 is 5.32 Å². The summed E-state index contributed by atoms with van der Waals surface area (Å²) in [6.45, 7) is 1.94. The number of benzene rings is 1. The van der Waals surface area contributed by atoms with Crippen LogP contribution in [0.15, 0.2) is 35.7 Å². The molecule has 1 aromatic carbocycles. The molecule has 0 spiro atoms. The van der Waals surface area contributed by atoms with Gasteiger partial charge in [-0.2, -0.15) is 0 Å². The molecule has 4 aromatic rings. The Hall–Kier alpha value is -2.84. The molecule has 8 heteroatoms. The number of methoxy groups -OCH3 is 1. The lowest BCUT2D eigenvalue weighted by atomic mass is 10.1. The van der Waals surface area contributed by atoms with Gasteiger partial charge >= 0.3 is 0 Å². The molecule has 7 nitrogen and oxygen atoms in total. The summed E-state index contributed by atoms with van der Waals surface area (Å²) in [7, 11) is 1.66. The summed E-state index contributed by atoms with van der Waals surface area (Å²) in [5.41, 5.74) is 2.30. The summed E-state index contributed by atoms with van der Waals surface area (Å²) >= 11 is 1.63. The van der Waals surface area contributed by atoms with Gasteiger partial charge in [0.15, 0.2) is 11.6 Å². The second-order valence-corrected chi connectivity index (χ2v) is 7.97. The molecule has 1 aliphatic heterocycles. The van der Waals surface area contributed by atoms with Gasteiger partial charge in [-0.25, -0.2) is 9.97 Å². The van der Waals surface area contributed by atoms with Crippen LogP contribution in [-0.4, -0.2) is 31.8 Å². The first kappa shape index (κ1) is 18.2. The topological polar surface area (TPSA) is 77.8 Å².